The van der Waals surface area contributed by atoms with Crippen molar-refractivity contribution >= 4 is 5.69 Å². The van der Waals surface area contributed by atoms with Gasteiger partial charge in [0, 0.05) is 18.7 Å². The molecule has 3 fully saturated rings. The van der Waals surface area contributed by atoms with E-state index in [9.17, 15) is 10.1 Å². The first-order valence-electron chi connectivity index (χ1n) is 7.95. The Morgan fingerprint density at radius 1 is 1.10 bits per heavy atom. The molecule has 0 amide bonds. The maximum atomic E-state index is 10.8. The zero-order valence-corrected chi connectivity index (χ0v) is 12.9. The zero-order valence-electron chi connectivity index (χ0n) is 12.9. The summed E-state index contributed by atoms with van der Waals surface area (Å²) in [7, 11) is 4.30. The van der Waals surface area contributed by atoms with E-state index in [1.165, 1.54) is 31.2 Å². The summed E-state index contributed by atoms with van der Waals surface area (Å²) in [5.74, 6) is 2.88. The summed E-state index contributed by atoms with van der Waals surface area (Å²) >= 11 is 0. The SMILES string of the molecule is CN(C)CC1C2CCC(CC2)C1c1ccc([N+](=O)[O-])cc1. The molecule has 0 saturated heterocycles. The van der Waals surface area contributed by atoms with Crippen LogP contribution in [0.3, 0.4) is 0 Å². The number of hydrogen-bond donors (Lipinski definition) is 0. The van der Waals surface area contributed by atoms with Gasteiger partial charge in [0.25, 0.3) is 5.69 Å². The van der Waals surface area contributed by atoms with E-state index in [1.54, 1.807) is 12.1 Å². The first kappa shape index (κ1) is 14.5. The van der Waals surface area contributed by atoms with Crippen molar-refractivity contribution in [1.82, 2.24) is 4.90 Å². The molecule has 3 saturated carbocycles. The summed E-state index contributed by atoms with van der Waals surface area (Å²) in [5, 5.41) is 10.8. The van der Waals surface area contributed by atoms with Crippen LogP contribution in [0.4, 0.5) is 5.69 Å². The molecule has 0 radical (unpaired) electrons. The van der Waals surface area contributed by atoms with Gasteiger partial charge in [-0.3, -0.25) is 10.1 Å². The minimum atomic E-state index is -0.311. The molecule has 114 valence electrons. The molecular formula is C17H24N2O2. The van der Waals surface area contributed by atoms with Crippen molar-refractivity contribution in [3.8, 4) is 0 Å². The Morgan fingerprint density at radius 2 is 1.67 bits per heavy atom. The fourth-order valence-electron chi connectivity index (χ4n) is 4.60. The van der Waals surface area contributed by atoms with E-state index in [0.29, 0.717) is 11.8 Å². The fraction of sp³-hybridized carbons (Fsp3) is 0.647. The highest BCUT2D eigenvalue weighted by atomic mass is 16.6. The Bertz CT molecular complexity index is 504. The molecule has 4 rings (SSSR count). The van der Waals surface area contributed by atoms with Gasteiger partial charge in [0.15, 0.2) is 0 Å². The summed E-state index contributed by atoms with van der Waals surface area (Å²) in [6.07, 6.45) is 5.39. The highest BCUT2D eigenvalue weighted by Crippen LogP contribution is 2.53. The van der Waals surface area contributed by atoms with Gasteiger partial charge in [-0.05, 0) is 69.0 Å². The highest BCUT2D eigenvalue weighted by Gasteiger charge is 2.44. The van der Waals surface area contributed by atoms with Crippen molar-refractivity contribution in [2.24, 2.45) is 17.8 Å². The Hall–Kier alpha value is -1.42. The van der Waals surface area contributed by atoms with E-state index in [4.69, 9.17) is 0 Å². The molecule has 0 aliphatic heterocycles. The van der Waals surface area contributed by atoms with E-state index in [1.807, 2.05) is 12.1 Å². The van der Waals surface area contributed by atoms with Crippen LogP contribution in [0.2, 0.25) is 0 Å². The van der Waals surface area contributed by atoms with Crippen LogP contribution in [-0.2, 0) is 0 Å². The lowest BCUT2D eigenvalue weighted by molar-refractivity contribution is -0.384. The van der Waals surface area contributed by atoms with E-state index in [0.717, 1.165) is 18.4 Å². The molecule has 4 heteroatoms. The van der Waals surface area contributed by atoms with E-state index >= 15 is 0 Å². The van der Waals surface area contributed by atoms with Gasteiger partial charge in [-0.15, -0.1) is 0 Å². The molecule has 2 atom stereocenters. The van der Waals surface area contributed by atoms with Crippen molar-refractivity contribution in [2.75, 3.05) is 20.6 Å². The molecule has 2 unspecified atom stereocenters. The monoisotopic (exact) mass is 288 g/mol. The van der Waals surface area contributed by atoms with Crippen LogP contribution in [0.15, 0.2) is 24.3 Å². The topological polar surface area (TPSA) is 46.4 Å². The molecule has 0 aromatic heterocycles. The molecule has 1 aromatic rings. The molecule has 2 bridgehead atoms. The van der Waals surface area contributed by atoms with Crippen molar-refractivity contribution in [2.45, 2.75) is 31.6 Å². The molecule has 4 nitrogen and oxygen atoms in total. The van der Waals surface area contributed by atoms with Crippen LogP contribution in [0.1, 0.15) is 37.2 Å². The maximum Gasteiger partial charge on any atom is 0.269 e. The molecule has 3 aliphatic rings. The first-order valence-corrected chi connectivity index (χ1v) is 7.95. The van der Waals surface area contributed by atoms with Gasteiger partial charge in [-0.1, -0.05) is 12.1 Å². The minimum Gasteiger partial charge on any atom is -0.309 e. The Morgan fingerprint density at radius 3 is 2.19 bits per heavy atom. The molecule has 0 N–H and O–H groups in total. The third kappa shape index (κ3) is 2.82. The van der Waals surface area contributed by atoms with Crippen LogP contribution < -0.4 is 0 Å². The minimum absolute atomic E-state index is 0.198. The van der Waals surface area contributed by atoms with Crippen molar-refractivity contribution < 1.29 is 4.92 Å². The molecule has 21 heavy (non-hydrogen) atoms. The van der Waals surface area contributed by atoms with Crippen LogP contribution in [0.5, 0.6) is 0 Å². The van der Waals surface area contributed by atoms with E-state index in [-0.39, 0.29) is 10.6 Å². The van der Waals surface area contributed by atoms with E-state index < -0.39 is 0 Å². The second-order valence-electron chi connectivity index (χ2n) is 6.98. The maximum absolute atomic E-state index is 10.8. The largest absolute Gasteiger partial charge is 0.309 e. The van der Waals surface area contributed by atoms with Gasteiger partial charge in [0.05, 0.1) is 4.92 Å². The predicted octanol–water partition coefficient (Wildman–Crippen LogP) is 3.68. The number of rotatable bonds is 4. The molecule has 3 aliphatic carbocycles. The standard InChI is InChI=1S/C17H24N2O2/c1-18(2)11-16-12-3-5-13(6-4-12)17(16)14-7-9-15(10-8-14)19(20)21/h7-10,12-13,16-17H,3-6,11H2,1-2H3. The number of fused-ring (bicyclic) bond motifs is 3. The Labute approximate surface area is 126 Å². The summed E-state index contributed by atoms with van der Waals surface area (Å²) in [6, 6.07) is 7.33. The van der Waals surface area contributed by atoms with Gasteiger partial charge < -0.3 is 4.90 Å². The lowest BCUT2D eigenvalue weighted by Crippen LogP contribution is -2.43. The van der Waals surface area contributed by atoms with E-state index in [2.05, 4.69) is 19.0 Å². The zero-order chi connectivity index (χ0) is 15.0. The summed E-state index contributed by atoms with van der Waals surface area (Å²) < 4.78 is 0. The molecule has 0 spiro atoms. The third-order valence-electron chi connectivity index (χ3n) is 5.46. The second kappa shape index (κ2) is 5.76. The number of non-ortho nitro benzene ring substituents is 1. The van der Waals surface area contributed by atoms with Gasteiger partial charge in [-0.2, -0.15) is 0 Å². The lowest BCUT2D eigenvalue weighted by Gasteiger charge is -2.50. The molecule has 0 heterocycles. The number of nitrogens with zero attached hydrogens (tertiary/aromatic N) is 2. The Balaban J connectivity index is 1.88. The van der Waals surface area contributed by atoms with Crippen LogP contribution >= 0.6 is 0 Å². The number of nitro benzene ring substituents is 1. The van der Waals surface area contributed by atoms with Gasteiger partial charge in [-0.25, -0.2) is 0 Å². The van der Waals surface area contributed by atoms with Crippen molar-refractivity contribution in [1.29, 1.82) is 0 Å². The fourth-order valence-corrected chi connectivity index (χ4v) is 4.60. The van der Waals surface area contributed by atoms with Gasteiger partial charge >= 0.3 is 0 Å². The van der Waals surface area contributed by atoms with Crippen LogP contribution in [0.25, 0.3) is 0 Å². The second-order valence-corrected chi connectivity index (χ2v) is 6.98. The number of benzene rings is 1. The highest BCUT2D eigenvalue weighted by molar-refractivity contribution is 5.35. The van der Waals surface area contributed by atoms with Gasteiger partial charge in [0.2, 0.25) is 0 Å². The first-order chi connectivity index (χ1) is 10.1. The summed E-state index contributed by atoms with van der Waals surface area (Å²) in [4.78, 5) is 12.8. The number of nitro groups is 1. The van der Waals surface area contributed by atoms with Crippen LogP contribution in [0, 0.1) is 27.9 Å². The van der Waals surface area contributed by atoms with Crippen molar-refractivity contribution in [3.05, 3.63) is 39.9 Å². The lowest BCUT2D eigenvalue weighted by atomic mass is 9.57. The predicted molar refractivity (Wildman–Crippen MR) is 83.3 cm³/mol. The quantitative estimate of drug-likeness (QED) is 0.627. The van der Waals surface area contributed by atoms with Crippen LogP contribution in [-0.4, -0.2) is 30.5 Å². The smallest absolute Gasteiger partial charge is 0.269 e. The average molecular weight is 288 g/mol. The normalized spacial score (nSPS) is 31.6. The summed E-state index contributed by atoms with van der Waals surface area (Å²) in [5.41, 5.74) is 1.51. The molecule has 1 aromatic carbocycles. The summed E-state index contributed by atoms with van der Waals surface area (Å²) in [6.45, 7) is 1.13. The third-order valence-corrected chi connectivity index (χ3v) is 5.46. The number of hydrogen-bond acceptors (Lipinski definition) is 3. The van der Waals surface area contributed by atoms with Gasteiger partial charge in [0.1, 0.15) is 0 Å². The molecular weight excluding hydrogens is 264 g/mol. The Kier molecular flexibility index (Phi) is 3.98. The average Bonchev–Trinajstić information content (AvgIpc) is 2.48. The van der Waals surface area contributed by atoms with Crippen molar-refractivity contribution in [3.63, 3.8) is 0 Å².